The van der Waals surface area contributed by atoms with Gasteiger partial charge in [0, 0.05) is 18.3 Å². The lowest BCUT2D eigenvalue weighted by Gasteiger charge is -2.13. The highest BCUT2D eigenvalue weighted by Crippen LogP contribution is 2.29. The minimum atomic E-state index is 0.475. The van der Waals surface area contributed by atoms with Gasteiger partial charge in [0.1, 0.15) is 12.4 Å². The lowest BCUT2D eigenvalue weighted by Crippen LogP contribution is -2.13. The summed E-state index contributed by atoms with van der Waals surface area (Å²) in [6.45, 7) is 4.30. The second kappa shape index (κ2) is 7.26. The van der Waals surface area contributed by atoms with Crippen LogP contribution in [0, 0.1) is 0 Å². The number of pyridine rings is 1. The third-order valence-electron chi connectivity index (χ3n) is 2.70. The van der Waals surface area contributed by atoms with Crippen LogP contribution in [0.1, 0.15) is 18.2 Å². The molecule has 0 aliphatic heterocycles. The van der Waals surface area contributed by atoms with E-state index in [2.05, 4.69) is 39.2 Å². The molecule has 0 spiro atoms. The molecule has 0 saturated carbocycles. The van der Waals surface area contributed by atoms with E-state index in [0.717, 1.165) is 34.6 Å². The van der Waals surface area contributed by atoms with Gasteiger partial charge < -0.3 is 10.1 Å². The summed E-state index contributed by atoms with van der Waals surface area (Å²) in [5.74, 6) is 0.883. The minimum absolute atomic E-state index is 0.475. The van der Waals surface area contributed by atoms with Gasteiger partial charge in [0.05, 0.1) is 10.2 Å². The maximum atomic E-state index is 5.90. The Labute approximate surface area is 122 Å². The Morgan fingerprint density at radius 1 is 1.21 bits per heavy atom. The van der Waals surface area contributed by atoms with E-state index >= 15 is 0 Å². The molecule has 0 aliphatic carbocycles. The van der Waals surface area contributed by atoms with Crippen LogP contribution in [0.15, 0.2) is 47.1 Å². The van der Waals surface area contributed by atoms with Gasteiger partial charge >= 0.3 is 0 Å². The minimum Gasteiger partial charge on any atom is -0.486 e. The van der Waals surface area contributed by atoms with Crippen molar-refractivity contribution in [2.24, 2.45) is 0 Å². The molecule has 19 heavy (non-hydrogen) atoms. The Morgan fingerprint density at radius 2 is 2.11 bits per heavy atom. The molecule has 0 atom stereocenters. The molecule has 0 unspecified atom stereocenters. The lowest BCUT2D eigenvalue weighted by atomic mass is 10.2. The van der Waals surface area contributed by atoms with Crippen LogP contribution < -0.4 is 10.1 Å². The number of nitrogens with zero attached hydrogens (tertiary/aromatic N) is 1. The Hall–Kier alpha value is -1.39. The largest absolute Gasteiger partial charge is 0.486 e. The summed E-state index contributed by atoms with van der Waals surface area (Å²) in [4.78, 5) is 4.26. The Balaban J connectivity index is 2.10. The number of para-hydroxylation sites is 1. The first-order chi connectivity index (χ1) is 9.31. The van der Waals surface area contributed by atoms with Crippen LogP contribution in [0.4, 0.5) is 0 Å². The van der Waals surface area contributed by atoms with Gasteiger partial charge in [-0.25, -0.2) is 0 Å². The zero-order valence-electron chi connectivity index (χ0n) is 10.9. The van der Waals surface area contributed by atoms with Gasteiger partial charge in [-0.05, 0) is 40.7 Å². The highest BCUT2D eigenvalue weighted by molar-refractivity contribution is 9.10. The number of ether oxygens (including phenoxy) is 1. The van der Waals surface area contributed by atoms with E-state index in [9.17, 15) is 0 Å². The van der Waals surface area contributed by atoms with Crippen LogP contribution in [0.25, 0.3) is 0 Å². The molecule has 1 aromatic heterocycles. The number of hydrogen-bond donors (Lipinski definition) is 1. The van der Waals surface area contributed by atoms with E-state index in [0.29, 0.717) is 6.61 Å². The Morgan fingerprint density at radius 3 is 2.84 bits per heavy atom. The van der Waals surface area contributed by atoms with E-state index in [4.69, 9.17) is 4.74 Å². The van der Waals surface area contributed by atoms with Crippen LogP contribution >= 0.6 is 15.9 Å². The quantitative estimate of drug-likeness (QED) is 0.884. The van der Waals surface area contributed by atoms with Crippen molar-refractivity contribution in [3.63, 3.8) is 0 Å². The summed E-state index contributed by atoms with van der Waals surface area (Å²) in [6, 6.07) is 11.9. The third kappa shape index (κ3) is 4.04. The fraction of sp³-hybridized carbons (Fsp3) is 0.267. The second-order valence-electron chi connectivity index (χ2n) is 4.12. The van der Waals surface area contributed by atoms with Crippen LogP contribution in [0.2, 0.25) is 0 Å². The molecule has 0 radical (unpaired) electrons. The van der Waals surface area contributed by atoms with Crippen molar-refractivity contribution in [2.45, 2.75) is 20.1 Å². The van der Waals surface area contributed by atoms with Crippen molar-refractivity contribution in [2.75, 3.05) is 6.54 Å². The molecule has 3 nitrogen and oxygen atoms in total. The third-order valence-corrected chi connectivity index (χ3v) is 3.33. The average molecular weight is 321 g/mol. The summed E-state index contributed by atoms with van der Waals surface area (Å²) >= 11 is 3.54. The van der Waals surface area contributed by atoms with Gasteiger partial charge in [-0.3, -0.25) is 4.98 Å². The smallest absolute Gasteiger partial charge is 0.138 e. The van der Waals surface area contributed by atoms with Crippen LogP contribution in [-0.4, -0.2) is 11.5 Å². The normalized spacial score (nSPS) is 10.4. The van der Waals surface area contributed by atoms with Crippen molar-refractivity contribution >= 4 is 15.9 Å². The van der Waals surface area contributed by atoms with E-state index in [1.165, 1.54) is 0 Å². The molecule has 0 aliphatic rings. The molecule has 4 heteroatoms. The molecule has 1 heterocycles. The number of hydrogen-bond acceptors (Lipinski definition) is 3. The van der Waals surface area contributed by atoms with Gasteiger partial charge in [0.2, 0.25) is 0 Å². The Bertz CT molecular complexity index is 517. The summed E-state index contributed by atoms with van der Waals surface area (Å²) < 4.78 is 6.87. The molecule has 100 valence electrons. The van der Waals surface area contributed by atoms with E-state index in [1.807, 2.05) is 30.3 Å². The average Bonchev–Trinajstić information content (AvgIpc) is 2.45. The summed E-state index contributed by atoms with van der Waals surface area (Å²) in [5, 5.41) is 3.31. The molecular weight excluding hydrogens is 304 g/mol. The molecule has 0 saturated heterocycles. The fourth-order valence-electron chi connectivity index (χ4n) is 1.74. The van der Waals surface area contributed by atoms with E-state index in [1.54, 1.807) is 6.20 Å². The van der Waals surface area contributed by atoms with Crippen molar-refractivity contribution in [3.05, 3.63) is 58.3 Å². The number of nitrogens with one attached hydrogen (secondary N) is 1. The Kier molecular flexibility index (Phi) is 5.36. The van der Waals surface area contributed by atoms with Crippen molar-refractivity contribution in [1.29, 1.82) is 0 Å². The first kappa shape index (κ1) is 14.0. The predicted octanol–water partition coefficient (Wildman–Crippen LogP) is 3.53. The lowest BCUT2D eigenvalue weighted by molar-refractivity contribution is 0.295. The number of halogens is 1. The fourth-order valence-corrected chi connectivity index (χ4v) is 2.27. The molecule has 1 aromatic carbocycles. The van der Waals surface area contributed by atoms with Crippen LogP contribution in [-0.2, 0) is 13.2 Å². The highest BCUT2D eigenvalue weighted by atomic mass is 79.9. The molecule has 1 N–H and O–H groups in total. The first-order valence-corrected chi connectivity index (χ1v) is 7.11. The van der Waals surface area contributed by atoms with Crippen LogP contribution in [0.3, 0.4) is 0 Å². The van der Waals surface area contributed by atoms with Crippen molar-refractivity contribution < 1.29 is 4.74 Å². The van der Waals surface area contributed by atoms with Crippen LogP contribution in [0.5, 0.6) is 5.75 Å². The van der Waals surface area contributed by atoms with Gasteiger partial charge in [0.25, 0.3) is 0 Å². The van der Waals surface area contributed by atoms with E-state index in [-0.39, 0.29) is 0 Å². The molecule has 2 rings (SSSR count). The molecule has 0 bridgehead atoms. The summed E-state index contributed by atoms with van der Waals surface area (Å²) in [5.41, 5.74) is 2.07. The highest BCUT2D eigenvalue weighted by Gasteiger charge is 2.08. The van der Waals surface area contributed by atoms with Gasteiger partial charge in [0.15, 0.2) is 0 Å². The predicted molar refractivity (Wildman–Crippen MR) is 80.1 cm³/mol. The summed E-state index contributed by atoms with van der Waals surface area (Å²) in [7, 11) is 0. The SMILES string of the molecule is CCNCc1cccc(Br)c1OCc1ccccn1. The first-order valence-electron chi connectivity index (χ1n) is 6.32. The topological polar surface area (TPSA) is 34.1 Å². The zero-order valence-corrected chi connectivity index (χ0v) is 12.5. The second-order valence-corrected chi connectivity index (χ2v) is 4.97. The number of aromatic nitrogens is 1. The number of benzene rings is 1. The molecular formula is C15H17BrN2O. The monoisotopic (exact) mass is 320 g/mol. The van der Waals surface area contributed by atoms with Crippen molar-refractivity contribution in [1.82, 2.24) is 10.3 Å². The van der Waals surface area contributed by atoms with Gasteiger partial charge in [-0.1, -0.05) is 25.1 Å². The van der Waals surface area contributed by atoms with E-state index < -0.39 is 0 Å². The molecule has 0 fully saturated rings. The molecule has 2 aromatic rings. The summed E-state index contributed by atoms with van der Waals surface area (Å²) in [6.07, 6.45) is 1.78. The molecule has 0 amide bonds. The van der Waals surface area contributed by atoms with Gasteiger partial charge in [-0.2, -0.15) is 0 Å². The zero-order chi connectivity index (χ0) is 13.5. The maximum absolute atomic E-state index is 5.90. The number of rotatable bonds is 6. The maximum Gasteiger partial charge on any atom is 0.138 e. The van der Waals surface area contributed by atoms with Gasteiger partial charge in [-0.15, -0.1) is 0 Å². The standard InChI is InChI=1S/C15H17BrN2O/c1-2-17-10-12-6-5-8-14(16)15(12)19-11-13-7-3-4-9-18-13/h3-9,17H,2,10-11H2,1H3. The van der Waals surface area contributed by atoms with Crippen molar-refractivity contribution in [3.8, 4) is 5.75 Å².